The third-order valence-electron chi connectivity index (χ3n) is 2.63. The van der Waals surface area contributed by atoms with Crippen molar-refractivity contribution < 1.29 is 9.53 Å². The van der Waals surface area contributed by atoms with E-state index in [4.69, 9.17) is 4.74 Å². The maximum absolute atomic E-state index is 11.8. The first-order valence-corrected chi connectivity index (χ1v) is 5.15. The summed E-state index contributed by atoms with van der Waals surface area (Å²) >= 11 is 0. The Morgan fingerprint density at radius 3 is 2.69 bits per heavy atom. The maximum atomic E-state index is 11.8. The molecule has 3 nitrogen and oxygen atoms in total. The van der Waals surface area contributed by atoms with Crippen LogP contribution in [0, 0.1) is 5.92 Å². The Morgan fingerprint density at radius 1 is 1.54 bits per heavy atom. The molecule has 1 fully saturated rings. The molecule has 0 aromatic heterocycles. The van der Waals surface area contributed by atoms with Gasteiger partial charge < -0.3 is 10.1 Å². The van der Waals surface area contributed by atoms with Crippen molar-refractivity contribution in [2.45, 2.75) is 32.8 Å². The molecule has 1 aliphatic rings. The van der Waals surface area contributed by atoms with E-state index in [9.17, 15) is 4.79 Å². The zero-order chi connectivity index (χ0) is 9.68. The van der Waals surface area contributed by atoms with E-state index in [-0.39, 0.29) is 17.8 Å². The quantitative estimate of drug-likeness (QED) is 0.709. The van der Waals surface area contributed by atoms with Crippen LogP contribution in [0.2, 0.25) is 0 Å². The minimum absolute atomic E-state index is 0.185. The molecule has 0 bridgehead atoms. The predicted octanol–water partition coefficient (Wildman–Crippen LogP) is 0.980. The Bertz CT molecular complexity index is 160. The van der Waals surface area contributed by atoms with Gasteiger partial charge in [-0.05, 0) is 12.8 Å². The molecule has 0 aliphatic carbocycles. The molecule has 1 aliphatic heterocycles. The Kier molecular flexibility index (Phi) is 4.39. The van der Waals surface area contributed by atoms with E-state index in [1.165, 1.54) is 0 Å². The summed E-state index contributed by atoms with van der Waals surface area (Å²) in [5.41, 5.74) is 0. The molecular weight excluding hydrogens is 166 g/mol. The van der Waals surface area contributed by atoms with Crippen molar-refractivity contribution in [1.82, 2.24) is 5.32 Å². The fraction of sp³-hybridized carbons (Fsp3) is 0.900. The van der Waals surface area contributed by atoms with Crippen molar-refractivity contribution in [2.24, 2.45) is 5.92 Å². The van der Waals surface area contributed by atoms with Crippen molar-refractivity contribution in [3.05, 3.63) is 0 Å². The van der Waals surface area contributed by atoms with Crippen molar-refractivity contribution in [3.8, 4) is 0 Å². The number of hydrogen-bond donors (Lipinski definition) is 1. The third kappa shape index (κ3) is 2.78. The fourth-order valence-electron chi connectivity index (χ4n) is 1.70. The molecule has 1 saturated heterocycles. The number of carbonyl (C=O) groups is 1. The van der Waals surface area contributed by atoms with Crippen LogP contribution in [0.25, 0.3) is 0 Å². The second-order valence-electron chi connectivity index (χ2n) is 3.48. The second kappa shape index (κ2) is 5.35. The average molecular weight is 185 g/mol. The molecule has 1 rings (SSSR count). The third-order valence-corrected chi connectivity index (χ3v) is 2.63. The topological polar surface area (TPSA) is 38.3 Å². The minimum Gasteiger partial charge on any atom is -0.368 e. The molecule has 0 aromatic carbocycles. The van der Waals surface area contributed by atoms with Crippen LogP contribution in [-0.2, 0) is 9.53 Å². The second-order valence-corrected chi connectivity index (χ2v) is 3.48. The molecule has 0 radical (unpaired) electrons. The van der Waals surface area contributed by atoms with Crippen LogP contribution in [0.3, 0.4) is 0 Å². The number of hydrogen-bond acceptors (Lipinski definition) is 3. The summed E-state index contributed by atoms with van der Waals surface area (Å²) in [5.74, 6) is 0.460. The molecule has 0 saturated carbocycles. The van der Waals surface area contributed by atoms with Gasteiger partial charge in [-0.1, -0.05) is 13.8 Å². The molecule has 1 heterocycles. The SMILES string of the molecule is CCC(CC)C(=O)C1CNCCO1. The lowest BCUT2D eigenvalue weighted by molar-refractivity contribution is -0.136. The Balaban J connectivity index is 2.44. The summed E-state index contributed by atoms with van der Waals surface area (Å²) in [6, 6.07) is 0. The highest BCUT2D eigenvalue weighted by molar-refractivity contribution is 5.85. The van der Waals surface area contributed by atoms with Gasteiger partial charge in [0.15, 0.2) is 5.78 Å². The molecule has 1 atom stereocenters. The zero-order valence-electron chi connectivity index (χ0n) is 8.51. The number of ether oxygens (including phenoxy) is 1. The van der Waals surface area contributed by atoms with Gasteiger partial charge in [-0.15, -0.1) is 0 Å². The summed E-state index contributed by atoms with van der Waals surface area (Å²) in [6.07, 6.45) is 1.66. The predicted molar refractivity (Wildman–Crippen MR) is 51.7 cm³/mol. The minimum atomic E-state index is -0.196. The maximum Gasteiger partial charge on any atom is 0.165 e. The summed E-state index contributed by atoms with van der Waals surface area (Å²) in [7, 11) is 0. The smallest absolute Gasteiger partial charge is 0.165 e. The van der Waals surface area contributed by atoms with Crippen molar-refractivity contribution in [2.75, 3.05) is 19.7 Å². The molecule has 1 N–H and O–H groups in total. The molecular formula is C10H19NO2. The van der Waals surface area contributed by atoms with E-state index in [0.717, 1.165) is 19.4 Å². The highest BCUT2D eigenvalue weighted by Gasteiger charge is 2.26. The van der Waals surface area contributed by atoms with Crippen molar-refractivity contribution in [3.63, 3.8) is 0 Å². The van der Waals surface area contributed by atoms with Crippen LogP contribution in [0.4, 0.5) is 0 Å². The van der Waals surface area contributed by atoms with E-state index in [0.29, 0.717) is 13.2 Å². The number of Topliss-reactive ketones (excluding diaryl/α,β-unsaturated/α-hetero) is 1. The lowest BCUT2D eigenvalue weighted by Gasteiger charge is -2.25. The average Bonchev–Trinajstić information content (AvgIpc) is 2.21. The van der Waals surface area contributed by atoms with E-state index < -0.39 is 0 Å². The summed E-state index contributed by atoms with van der Waals surface area (Å²) in [4.78, 5) is 11.8. The van der Waals surface area contributed by atoms with E-state index >= 15 is 0 Å². The Labute approximate surface area is 79.8 Å². The monoisotopic (exact) mass is 185 g/mol. The largest absolute Gasteiger partial charge is 0.368 e. The molecule has 13 heavy (non-hydrogen) atoms. The van der Waals surface area contributed by atoms with Gasteiger partial charge in [0.1, 0.15) is 6.10 Å². The molecule has 76 valence electrons. The van der Waals surface area contributed by atoms with Gasteiger partial charge >= 0.3 is 0 Å². The Morgan fingerprint density at radius 2 is 2.23 bits per heavy atom. The zero-order valence-corrected chi connectivity index (χ0v) is 8.51. The summed E-state index contributed by atoms with van der Waals surface area (Å²) in [6.45, 7) is 6.34. The van der Waals surface area contributed by atoms with Crippen LogP contribution in [-0.4, -0.2) is 31.6 Å². The molecule has 0 spiro atoms. The number of morpholine rings is 1. The van der Waals surface area contributed by atoms with Gasteiger partial charge in [0.2, 0.25) is 0 Å². The number of nitrogens with one attached hydrogen (secondary N) is 1. The number of carbonyl (C=O) groups excluding carboxylic acids is 1. The lowest BCUT2D eigenvalue weighted by Crippen LogP contribution is -2.45. The molecule has 1 unspecified atom stereocenters. The number of rotatable bonds is 4. The van der Waals surface area contributed by atoms with E-state index in [1.807, 2.05) is 0 Å². The first-order valence-electron chi connectivity index (χ1n) is 5.15. The number of ketones is 1. The van der Waals surface area contributed by atoms with Gasteiger partial charge in [-0.25, -0.2) is 0 Å². The van der Waals surface area contributed by atoms with Crippen molar-refractivity contribution in [1.29, 1.82) is 0 Å². The van der Waals surface area contributed by atoms with Crippen LogP contribution < -0.4 is 5.32 Å². The van der Waals surface area contributed by atoms with Gasteiger partial charge in [-0.2, -0.15) is 0 Å². The normalized spacial score (nSPS) is 23.5. The summed E-state index contributed by atoms with van der Waals surface area (Å²) < 4.78 is 5.41. The highest BCUT2D eigenvalue weighted by Crippen LogP contribution is 2.13. The van der Waals surface area contributed by atoms with E-state index in [1.54, 1.807) is 0 Å². The van der Waals surface area contributed by atoms with Gasteiger partial charge in [-0.3, -0.25) is 4.79 Å². The first kappa shape index (κ1) is 10.7. The molecule has 3 heteroatoms. The first-order chi connectivity index (χ1) is 6.29. The van der Waals surface area contributed by atoms with Gasteiger partial charge in [0.05, 0.1) is 6.61 Å². The molecule has 0 amide bonds. The molecule has 0 aromatic rings. The highest BCUT2D eigenvalue weighted by atomic mass is 16.5. The van der Waals surface area contributed by atoms with Crippen molar-refractivity contribution >= 4 is 5.78 Å². The van der Waals surface area contributed by atoms with Crippen LogP contribution in [0.5, 0.6) is 0 Å². The van der Waals surface area contributed by atoms with Gasteiger partial charge in [0.25, 0.3) is 0 Å². The summed E-state index contributed by atoms with van der Waals surface area (Å²) in [5, 5.41) is 3.17. The van der Waals surface area contributed by atoms with Crippen LogP contribution in [0.1, 0.15) is 26.7 Å². The standard InChI is InChI=1S/C10H19NO2/c1-3-8(4-2)10(12)9-7-11-5-6-13-9/h8-9,11H,3-7H2,1-2H3. The van der Waals surface area contributed by atoms with E-state index in [2.05, 4.69) is 19.2 Å². The lowest BCUT2D eigenvalue weighted by atomic mass is 9.94. The van der Waals surface area contributed by atoms with Crippen LogP contribution >= 0.6 is 0 Å². The van der Waals surface area contributed by atoms with Gasteiger partial charge in [0, 0.05) is 19.0 Å². The Hall–Kier alpha value is -0.410. The van der Waals surface area contributed by atoms with Crippen LogP contribution in [0.15, 0.2) is 0 Å². The fourth-order valence-corrected chi connectivity index (χ4v) is 1.70.